The van der Waals surface area contributed by atoms with Crippen LogP contribution in [0.4, 0.5) is 5.69 Å². The lowest BCUT2D eigenvalue weighted by Gasteiger charge is -2.52. The minimum atomic E-state index is -0.894. The maximum atomic E-state index is 14.0. The Kier molecular flexibility index (Phi) is 23.3. The average molecular weight is 1090 g/mol. The molecule has 5 N–H and O–H groups in total. The molecule has 20 heteroatoms. The number of rotatable bonds is 31. The van der Waals surface area contributed by atoms with Crippen LogP contribution in [0.1, 0.15) is 125 Å². The zero-order valence-electron chi connectivity index (χ0n) is 46.1. The predicted octanol–water partition coefficient (Wildman–Crippen LogP) is 6.10. The number of carbonyl (C=O) groups is 7. The largest absolute Gasteiger partial charge is 0.457 e. The standard InChI is InChI=1S/C59H81N9O11/c1-3-4-30-68-57(75)54(55(73)45-9-6-5-7-10-45)63-58(76)59(68)27-31-66(32-28-59)40-44-16-23-50(24-17-44)79-51-25-18-46(19-26-51)56(74)60-29-34-77-36-37-78-35-33-67-41-48(64-65-67)39-61-52(71)11-8-12-53(72)62-47-20-13-43(14-21-47)15-22-49(70)38-42(2)69/h13-14,16-21,23-26,45,48,54-55,73H,3-12,15,22,27-41H2,1-2H3,(H,60,74)(H,61,71)(H,62,72)(H,63,76)/t48?,54-,55+/m1/s1. The molecule has 0 aromatic heterocycles. The van der Waals surface area contributed by atoms with Crippen molar-refractivity contribution in [2.24, 2.45) is 16.3 Å². The lowest BCUT2D eigenvalue weighted by Crippen LogP contribution is -2.75. The normalized spacial score (nSPS) is 18.8. The monoisotopic (exact) mass is 1090 g/mol. The van der Waals surface area contributed by atoms with Crippen LogP contribution in [0.3, 0.4) is 0 Å². The number of aliphatic hydroxyl groups excluding tert-OH is 1. The van der Waals surface area contributed by atoms with Crippen molar-refractivity contribution in [2.45, 2.75) is 140 Å². The van der Waals surface area contributed by atoms with Gasteiger partial charge < -0.3 is 45.5 Å². The number of anilines is 1. The molecule has 1 aliphatic carbocycles. The van der Waals surface area contributed by atoms with E-state index in [0.717, 1.165) is 56.1 Å². The Balaban J connectivity index is 0.690. The van der Waals surface area contributed by atoms with Gasteiger partial charge in [-0.15, -0.1) is 0 Å². The second-order valence-electron chi connectivity index (χ2n) is 21.3. The topological polar surface area (TPSA) is 250 Å². The van der Waals surface area contributed by atoms with E-state index >= 15 is 0 Å². The molecule has 3 fully saturated rings. The SMILES string of the molecule is CCCCN1C(=O)[C@@H]([C@@H](O)C2CCCCC2)NC(=O)C12CCN(Cc1ccc(Oc3ccc(C(=O)NCCOCCOCCN4CC(CNC(=O)CCCC(=O)Nc5ccc(CCC(=O)CC(C)=O)cc5)N=N4)cc3)cc1)CC2. The summed E-state index contributed by atoms with van der Waals surface area (Å²) in [7, 11) is 0. The molecule has 20 nitrogen and oxygen atoms in total. The lowest BCUT2D eigenvalue weighted by atomic mass is 9.78. The van der Waals surface area contributed by atoms with Crippen molar-refractivity contribution >= 4 is 46.8 Å². The Hall–Kier alpha value is -6.61. The van der Waals surface area contributed by atoms with E-state index in [2.05, 4.69) is 43.4 Å². The zero-order valence-corrected chi connectivity index (χ0v) is 46.1. The minimum absolute atomic E-state index is 0.0386. The number of unbranched alkanes of at least 4 members (excludes halogenated alkanes) is 1. The van der Waals surface area contributed by atoms with Gasteiger partial charge in [0.05, 0.1) is 52.0 Å². The molecule has 3 aliphatic heterocycles. The van der Waals surface area contributed by atoms with Crippen LogP contribution in [-0.2, 0) is 51.2 Å². The zero-order chi connectivity index (χ0) is 56.0. The Morgan fingerprint density at radius 2 is 1.46 bits per heavy atom. The number of nitrogens with one attached hydrogen (secondary N) is 4. The van der Waals surface area contributed by atoms with Crippen LogP contribution in [-0.4, -0.2) is 157 Å². The van der Waals surface area contributed by atoms with Gasteiger partial charge in [0.15, 0.2) is 0 Å². The fraction of sp³-hybridized carbons (Fsp3) is 0.576. The number of piperidine rings is 1. The molecule has 1 unspecified atom stereocenters. The highest BCUT2D eigenvalue weighted by molar-refractivity contribution is 6.00. The van der Waals surface area contributed by atoms with E-state index in [9.17, 15) is 38.7 Å². The van der Waals surface area contributed by atoms with Gasteiger partial charge >= 0.3 is 0 Å². The highest BCUT2D eigenvalue weighted by Gasteiger charge is 2.55. The average Bonchev–Trinajstić information content (AvgIpc) is 3.97. The van der Waals surface area contributed by atoms with E-state index in [1.54, 1.807) is 41.4 Å². The number of likely N-dealkylation sites (tertiary alicyclic amines) is 1. The first-order valence-corrected chi connectivity index (χ1v) is 28.4. The number of aliphatic hydroxyl groups is 1. The number of Topliss-reactive ketones (excluding diaryl/α,β-unsaturated/α-hetero) is 2. The summed E-state index contributed by atoms with van der Waals surface area (Å²) in [4.78, 5) is 92.6. The molecule has 3 atom stereocenters. The van der Waals surface area contributed by atoms with E-state index in [-0.39, 0.29) is 72.3 Å². The summed E-state index contributed by atoms with van der Waals surface area (Å²) in [5.74, 6) is 0.217. The number of nitrogens with zero attached hydrogens (tertiary/aromatic N) is 5. The van der Waals surface area contributed by atoms with Crippen LogP contribution in [0, 0.1) is 5.92 Å². The van der Waals surface area contributed by atoms with Crippen LogP contribution in [0.25, 0.3) is 0 Å². The number of ketones is 2. The lowest BCUT2D eigenvalue weighted by molar-refractivity contribution is -0.166. The smallest absolute Gasteiger partial charge is 0.251 e. The number of hydrogen-bond donors (Lipinski definition) is 5. The third-order valence-corrected chi connectivity index (χ3v) is 15.2. The molecule has 3 aromatic carbocycles. The fourth-order valence-corrected chi connectivity index (χ4v) is 10.7. The molecule has 1 spiro atoms. The summed E-state index contributed by atoms with van der Waals surface area (Å²) in [6.07, 6.45) is 8.53. The maximum Gasteiger partial charge on any atom is 0.251 e. The van der Waals surface area contributed by atoms with Gasteiger partial charge in [0.25, 0.3) is 5.91 Å². The Bertz CT molecular complexity index is 2510. The van der Waals surface area contributed by atoms with Gasteiger partial charge in [0.1, 0.15) is 40.7 Å². The number of aryl methyl sites for hydroxylation is 1. The van der Waals surface area contributed by atoms with Gasteiger partial charge in [-0.3, -0.25) is 43.5 Å². The second kappa shape index (κ2) is 30.7. The quantitative estimate of drug-likeness (QED) is 0.0361. The first-order chi connectivity index (χ1) is 38.3. The van der Waals surface area contributed by atoms with Crippen molar-refractivity contribution < 1.29 is 52.9 Å². The van der Waals surface area contributed by atoms with Crippen LogP contribution in [0.2, 0.25) is 0 Å². The first-order valence-electron chi connectivity index (χ1n) is 28.4. The molecular weight excluding hydrogens is 1010 g/mol. The van der Waals surface area contributed by atoms with Gasteiger partial charge in [-0.1, -0.05) is 62.1 Å². The number of hydrogen-bond acceptors (Lipinski definition) is 15. The molecule has 428 valence electrons. The maximum absolute atomic E-state index is 14.0. The molecule has 3 aromatic rings. The van der Waals surface area contributed by atoms with E-state index in [1.807, 2.05) is 41.3 Å². The van der Waals surface area contributed by atoms with Gasteiger partial charge in [0.2, 0.25) is 23.6 Å². The summed E-state index contributed by atoms with van der Waals surface area (Å²) >= 11 is 0. The molecule has 2 saturated heterocycles. The molecule has 0 radical (unpaired) electrons. The van der Waals surface area contributed by atoms with Crippen molar-refractivity contribution in [3.8, 4) is 11.5 Å². The van der Waals surface area contributed by atoms with Gasteiger partial charge in [-0.25, -0.2) is 0 Å². The summed E-state index contributed by atoms with van der Waals surface area (Å²) in [5, 5.41) is 33.1. The van der Waals surface area contributed by atoms with E-state index in [4.69, 9.17) is 14.2 Å². The highest BCUT2D eigenvalue weighted by Crippen LogP contribution is 2.37. The number of amides is 5. The predicted molar refractivity (Wildman–Crippen MR) is 296 cm³/mol. The van der Waals surface area contributed by atoms with Crippen molar-refractivity contribution in [2.75, 3.05) is 77.6 Å². The number of piperazine rings is 1. The van der Waals surface area contributed by atoms with Crippen molar-refractivity contribution in [3.63, 3.8) is 0 Å². The van der Waals surface area contributed by atoms with Crippen LogP contribution >= 0.6 is 0 Å². The first kappa shape index (κ1) is 60.0. The number of ether oxygens (including phenoxy) is 3. The highest BCUT2D eigenvalue weighted by atomic mass is 16.5. The molecular formula is C59H81N9O11. The summed E-state index contributed by atoms with van der Waals surface area (Å²) < 4.78 is 17.4. The fourth-order valence-electron chi connectivity index (χ4n) is 10.7. The Labute approximate surface area is 464 Å². The molecule has 3 heterocycles. The number of carbonyl (C=O) groups excluding carboxylic acids is 7. The van der Waals surface area contributed by atoms with E-state index < -0.39 is 17.7 Å². The van der Waals surface area contributed by atoms with E-state index in [0.29, 0.717) is 134 Å². The molecule has 4 aliphatic rings. The third-order valence-electron chi connectivity index (χ3n) is 15.2. The summed E-state index contributed by atoms with van der Waals surface area (Å²) in [5.41, 5.74) is 2.27. The molecule has 0 bridgehead atoms. The molecule has 7 rings (SSSR count). The van der Waals surface area contributed by atoms with Crippen LogP contribution < -0.4 is 26.0 Å². The summed E-state index contributed by atoms with van der Waals surface area (Å²) in [6, 6.07) is 21.0. The van der Waals surface area contributed by atoms with Gasteiger partial charge in [0, 0.05) is 69.8 Å². The van der Waals surface area contributed by atoms with Gasteiger partial charge in [-0.2, -0.15) is 5.11 Å². The Morgan fingerprint density at radius 1 is 0.785 bits per heavy atom. The second-order valence-corrected chi connectivity index (χ2v) is 21.3. The molecule has 79 heavy (non-hydrogen) atoms. The van der Waals surface area contributed by atoms with Crippen molar-refractivity contribution in [1.29, 1.82) is 0 Å². The number of benzene rings is 3. The van der Waals surface area contributed by atoms with Crippen molar-refractivity contribution in [1.82, 2.24) is 30.8 Å². The molecule has 5 amide bonds. The Morgan fingerprint density at radius 3 is 2.15 bits per heavy atom. The van der Waals surface area contributed by atoms with Gasteiger partial charge in [-0.05, 0) is 117 Å². The van der Waals surface area contributed by atoms with E-state index in [1.165, 1.54) is 6.92 Å². The van der Waals surface area contributed by atoms with Crippen molar-refractivity contribution in [3.05, 3.63) is 89.5 Å². The third kappa shape index (κ3) is 18.5. The van der Waals surface area contributed by atoms with Crippen LogP contribution in [0.15, 0.2) is 83.1 Å². The van der Waals surface area contributed by atoms with Crippen LogP contribution in [0.5, 0.6) is 11.5 Å². The summed E-state index contributed by atoms with van der Waals surface area (Å²) in [6.45, 7) is 9.24. The minimum Gasteiger partial charge on any atom is -0.457 e. The molecule has 1 saturated carbocycles.